The number of nitrogens with zero attached hydrogens (tertiary/aromatic N) is 1. The fraction of sp³-hybridized carbons (Fsp3) is 0.250. The molecular weight excluding hydrogens is 238 g/mol. The molecular formula is C16H17NO2. The largest absolute Gasteiger partial charge is 0.439 e. The topological polar surface area (TPSA) is 39.2 Å². The van der Waals surface area contributed by atoms with E-state index < -0.39 is 0 Å². The molecule has 19 heavy (non-hydrogen) atoms. The second-order valence-corrected chi connectivity index (χ2v) is 4.50. The molecule has 0 aliphatic carbocycles. The van der Waals surface area contributed by atoms with Crippen LogP contribution in [0.1, 0.15) is 42.1 Å². The van der Waals surface area contributed by atoms with Gasteiger partial charge in [0.2, 0.25) is 5.88 Å². The predicted octanol–water partition coefficient (Wildman–Crippen LogP) is 4.20. The first kappa shape index (κ1) is 13.3. The maximum Gasteiger partial charge on any atom is 0.219 e. The van der Waals surface area contributed by atoms with Crippen LogP contribution in [-0.4, -0.2) is 11.3 Å². The van der Waals surface area contributed by atoms with Gasteiger partial charge in [-0.25, -0.2) is 4.98 Å². The number of aldehydes is 1. The Morgan fingerprint density at radius 1 is 1.26 bits per heavy atom. The van der Waals surface area contributed by atoms with E-state index in [-0.39, 0.29) is 0 Å². The summed E-state index contributed by atoms with van der Waals surface area (Å²) in [6.45, 7) is 4.32. The third-order valence-electron chi connectivity index (χ3n) is 3.17. The van der Waals surface area contributed by atoms with Crippen LogP contribution in [0.3, 0.4) is 0 Å². The first-order valence-corrected chi connectivity index (χ1v) is 6.42. The van der Waals surface area contributed by atoms with Crippen molar-refractivity contribution in [3.63, 3.8) is 0 Å². The highest BCUT2D eigenvalue weighted by Gasteiger charge is 2.10. The van der Waals surface area contributed by atoms with Crippen molar-refractivity contribution in [2.24, 2.45) is 0 Å². The van der Waals surface area contributed by atoms with Crippen LogP contribution in [0.4, 0.5) is 0 Å². The highest BCUT2D eigenvalue weighted by Crippen LogP contribution is 2.31. The quantitative estimate of drug-likeness (QED) is 0.752. The van der Waals surface area contributed by atoms with Gasteiger partial charge in [0.05, 0.1) is 0 Å². The van der Waals surface area contributed by atoms with Crippen molar-refractivity contribution in [3.8, 4) is 11.6 Å². The third kappa shape index (κ3) is 3.19. The molecule has 1 unspecified atom stereocenters. The van der Waals surface area contributed by atoms with E-state index in [2.05, 4.69) is 24.9 Å². The van der Waals surface area contributed by atoms with Crippen LogP contribution in [0.5, 0.6) is 11.6 Å². The zero-order valence-electron chi connectivity index (χ0n) is 11.2. The number of ether oxygens (including phenoxy) is 1. The van der Waals surface area contributed by atoms with E-state index in [0.717, 1.165) is 18.5 Å². The maximum atomic E-state index is 10.6. The van der Waals surface area contributed by atoms with Crippen LogP contribution in [0.15, 0.2) is 42.6 Å². The second kappa shape index (κ2) is 6.14. The minimum absolute atomic E-state index is 0.436. The average molecular weight is 255 g/mol. The van der Waals surface area contributed by atoms with Gasteiger partial charge in [-0.15, -0.1) is 0 Å². The number of aromatic nitrogens is 1. The van der Waals surface area contributed by atoms with Gasteiger partial charge in [0.15, 0.2) is 6.29 Å². The lowest BCUT2D eigenvalue weighted by atomic mass is 9.98. The molecule has 2 aromatic rings. The molecule has 0 aliphatic rings. The molecule has 3 heteroatoms. The van der Waals surface area contributed by atoms with Crippen molar-refractivity contribution in [3.05, 3.63) is 53.7 Å². The van der Waals surface area contributed by atoms with Crippen molar-refractivity contribution in [2.75, 3.05) is 0 Å². The molecule has 0 radical (unpaired) electrons. The Bertz CT molecular complexity index is 549. The van der Waals surface area contributed by atoms with E-state index in [1.807, 2.05) is 18.2 Å². The van der Waals surface area contributed by atoms with Gasteiger partial charge in [-0.2, -0.15) is 0 Å². The minimum atomic E-state index is 0.436. The summed E-state index contributed by atoms with van der Waals surface area (Å²) in [5, 5.41) is 0. The Morgan fingerprint density at radius 3 is 2.68 bits per heavy atom. The molecule has 1 aromatic carbocycles. The third-order valence-corrected chi connectivity index (χ3v) is 3.17. The maximum absolute atomic E-state index is 10.6. The summed E-state index contributed by atoms with van der Waals surface area (Å²) in [6, 6.07) is 11.4. The van der Waals surface area contributed by atoms with Crippen molar-refractivity contribution < 1.29 is 9.53 Å². The van der Waals surface area contributed by atoms with Crippen LogP contribution in [0, 0.1) is 0 Å². The molecule has 0 spiro atoms. The summed E-state index contributed by atoms with van der Waals surface area (Å²) in [5.41, 5.74) is 1.72. The lowest BCUT2D eigenvalue weighted by Crippen LogP contribution is -1.97. The summed E-state index contributed by atoms with van der Waals surface area (Å²) >= 11 is 0. The zero-order valence-corrected chi connectivity index (χ0v) is 11.2. The highest BCUT2D eigenvalue weighted by atomic mass is 16.5. The first-order chi connectivity index (χ1) is 9.24. The van der Waals surface area contributed by atoms with Crippen LogP contribution < -0.4 is 4.74 Å². The number of benzene rings is 1. The number of carbonyl (C=O) groups excluding carboxylic acids is 1. The van der Waals surface area contributed by atoms with E-state index >= 15 is 0 Å². The lowest BCUT2D eigenvalue weighted by molar-refractivity contribution is 0.112. The number of hydrogen-bond acceptors (Lipinski definition) is 3. The van der Waals surface area contributed by atoms with E-state index in [1.54, 1.807) is 12.1 Å². The molecule has 2 rings (SSSR count). The van der Waals surface area contributed by atoms with Gasteiger partial charge in [-0.1, -0.05) is 32.0 Å². The van der Waals surface area contributed by atoms with E-state index in [0.29, 0.717) is 17.4 Å². The summed E-state index contributed by atoms with van der Waals surface area (Å²) in [6.07, 6.45) is 3.33. The van der Waals surface area contributed by atoms with Gasteiger partial charge >= 0.3 is 0 Å². The molecule has 0 saturated heterocycles. The number of rotatable bonds is 5. The van der Waals surface area contributed by atoms with Gasteiger partial charge in [-0.3, -0.25) is 4.79 Å². The lowest BCUT2D eigenvalue weighted by Gasteiger charge is -2.14. The van der Waals surface area contributed by atoms with E-state index in [1.165, 1.54) is 11.8 Å². The smallest absolute Gasteiger partial charge is 0.219 e. The predicted molar refractivity (Wildman–Crippen MR) is 74.8 cm³/mol. The van der Waals surface area contributed by atoms with Crippen molar-refractivity contribution in [2.45, 2.75) is 26.2 Å². The molecule has 0 saturated carbocycles. The Balaban J connectivity index is 2.24. The molecule has 1 heterocycles. The van der Waals surface area contributed by atoms with E-state index in [9.17, 15) is 4.79 Å². The molecule has 0 fully saturated rings. The second-order valence-electron chi connectivity index (χ2n) is 4.50. The van der Waals surface area contributed by atoms with Gasteiger partial charge in [0, 0.05) is 17.8 Å². The Hall–Kier alpha value is -2.16. The molecule has 1 atom stereocenters. The van der Waals surface area contributed by atoms with Crippen LogP contribution in [0.2, 0.25) is 0 Å². The molecule has 0 amide bonds. The fourth-order valence-electron chi connectivity index (χ4n) is 1.83. The number of hydrogen-bond donors (Lipinski definition) is 0. The van der Waals surface area contributed by atoms with Crippen LogP contribution in [0.25, 0.3) is 0 Å². The van der Waals surface area contributed by atoms with Gasteiger partial charge < -0.3 is 4.74 Å². The Kier molecular flexibility index (Phi) is 4.29. The number of pyridine rings is 1. The minimum Gasteiger partial charge on any atom is -0.439 e. The molecule has 0 bridgehead atoms. The van der Waals surface area contributed by atoms with E-state index in [4.69, 9.17) is 4.74 Å². The molecule has 0 aliphatic heterocycles. The number of carbonyl (C=O) groups is 1. The summed E-state index contributed by atoms with van der Waals surface area (Å²) < 4.78 is 5.80. The Morgan fingerprint density at radius 2 is 2.05 bits per heavy atom. The zero-order chi connectivity index (χ0) is 13.7. The molecule has 1 aromatic heterocycles. The average Bonchev–Trinajstić information content (AvgIpc) is 2.48. The van der Waals surface area contributed by atoms with Crippen molar-refractivity contribution >= 4 is 6.29 Å². The van der Waals surface area contributed by atoms with Crippen molar-refractivity contribution in [1.29, 1.82) is 0 Å². The normalized spacial score (nSPS) is 11.9. The SMILES string of the molecule is CCC(C)c1ccccc1Oc1ccc(C=O)cn1. The highest BCUT2D eigenvalue weighted by molar-refractivity contribution is 5.74. The van der Waals surface area contributed by atoms with Gasteiger partial charge in [0.1, 0.15) is 5.75 Å². The molecule has 3 nitrogen and oxygen atoms in total. The summed E-state index contributed by atoms with van der Waals surface area (Å²) in [7, 11) is 0. The van der Waals surface area contributed by atoms with Crippen molar-refractivity contribution in [1.82, 2.24) is 4.98 Å². The fourth-order valence-corrected chi connectivity index (χ4v) is 1.83. The van der Waals surface area contributed by atoms with Crippen LogP contribution in [-0.2, 0) is 0 Å². The summed E-state index contributed by atoms with van der Waals surface area (Å²) in [5.74, 6) is 1.76. The summed E-state index contributed by atoms with van der Waals surface area (Å²) in [4.78, 5) is 14.7. The van der Waals surface area contributed by atoms with Crippen LogP contribution >= 0.6 is 0 Å². The number of para-hydroxylation sites is 1. The monoisotopic (exact) mass is 255 g/mol. The van der Waals surface area contributed by atoms with Gasteiger partial charge in [0.25, 0.3) is 0 Å². The molecule has 0 N–H and O–H groups in total. The van der Waals surface area contributed by atoms with Gasteiger partial charge in [-0.05, 0) is 30.0 Å². The molecule has 98 valence electrons. The first-order valence-electron chi connectivity index (χ1n) is 6.42. The Labute approximate surface area is 113 Å². The standard InChI is InChI=1S/C16H17NO2/c1-3-12(2)14-6-4-5-7-15(14)19-16-9-8-13(11-18)10-17-16/h4-12H,3H2,1-2H3.